The van der Waals surface area contributed by atoms with Crippen LogP contribution < -0.4 is 14.9 Å². The highest BCUT2D eigenvalue weighted by molar-refractivity contribution is 9.11. The summed E-state index contributed by atoms with van der Waals surface area (Å²) < 4.78 is 12.3. The van der Waals surface area contributed by atoms with Gasteiger partial charge < -0.3 is 9.47 Å². The molecule has 7 heteroatoms. The number of nitrogens with zero attached hydrogens (tertiary/aromatic N) is 1. The van der Waals surface area contributed by atoms with Crippen molar-refractivity contribution in [1.82, 2.24) is 5.43 Å². The van der Waals surface area contributed by atoms with Crippen LogP contribution in [0.25, 0.3) is 0 Å². The van der Waals surface area contributed by atoms with Gasteiger partial charge in [0.25, 0.3) is 5.91 Å². The molecule has 0 heterocycles. The summed E-state index contributed by atoms with van der Waals surface area (Å²) in [6, 6.07) is 12.8. The predicted octanol–water partition coefficient (Wildman–Crippen LogP) is 3.75. The van der Waals surface area contributed by atoms with Crippen molar-refractivity contribution in [3.05, 3.63) is 57.0 Å². The van der Waals surface area contributed by atoms with E-state index >= 15 is 0 Å². The highest BCUT2D eigenvalue weighted by atomic mass is 79.9. The Morgan fingerprint density at radius 1 is 1.22 bits per heavy atom. The van der Waals surface area contributed by atoms with Gasteiger partial charge in [-0.05, 0) is 46.3 Å². The monoisotopic (exact) mass is 440 g/mol. The lowest BCUT2D eigenvalue weighted by Crippen LogP contribution is -2.24. The number of hydrazone groups is 1. The van der Waals surface area contributed by atoms with Gasteiger partial charge in [-0.3, -0.25) is 4.79 Å². The van der Waals surface area contributed by atoms with Crippen molar-refractivity contribution in [2.24, 2.45) is 5.10 Å². The maximum atomic E-state index is 11.7. The molecule has 2 rings (SSSR count). The summed E-state index contributed by atoms with van der Waals surface area (Å²) in [5.74, 6) is 0.906. The molecule has 1 amide bonds. The van der Waals surface area contributed by atoms with Crippen LogP contribution in [0.4, 0.5) is 0 Å². The van der Waals surface area contributed by atoms with Gasteiger partial charge in [0.1, 0.15) is 11.5 Å². The molecule has 0 bridgehead atoms. The molecule has 0 aliphatic carbocycles. The number of carbonyl (C=O) groups is 1. The third-order valence-corrected chi connectivity index (χ3v) is 3.90. The fourth-order valence-electron chi connectivity index (χ4n) is 1.71. The first kappa shape index (κ1) is 17.5. The highest BCUT2D eigenvalue weighted by Gasteiger charge is 2.05. The molecule has 0 atom stereocenters. The first-order valence-corrected chi connectivity index (χ1v) is 8.21. The van der Waals surface area contributed by atoms with E-state index in [-0.39, 0.29) is 12.5 Å². The van der Waals surface area contributed by atoms with Crippen LogP contribution in [0.3, 0.4) is 0 Å². The minimum absolute atomic E-state index is 0.135. The maximum Gasteiger partial charge on any atom is 0.277 e. The van der Waals surface area contributed by atoms with E-state index in [1.165, 1.54) is 6.21 Å². The van der Waals surface area contributed by atoms with E-state index in [0.717, 1.165) is 14.5 Å². The molecule has 0 unspecified atom stereocenters. The minimum atomic E-state index is -0.356. The number of nitrogens with one attached hydrogen (secondary N) is 1. The number of amides is 1. The summed E-state index contributed by atoms with van der Waals surface area (Å²) in [7, 11) is 1.58. The van der Waals surface area contributed by atoms with Crippen molar-refractivity contribution in [1.29, 1.82) is 0 Å². The summed E-state index contributed by atoms with van der Waals surface area (Å²) >= 11 is 6.72. The zero-order valence-corrected chi connectivity index (χ0v) is 15.4. The number of hydrogen-bond acceptors (Lipinski definition) is 4. The smallest absolute Gasteiger partial charge is 0.277 e. The fourth-order valence-corrected chi connectivity index (χ4v) is 2.88. The number of carbonyl (C=O) groups excluding carboxylic acids is 1. The van der Waals surface area contributed by atoms with Gasteiger partial charge in [-0.15, -0.1) is 0 Å². The maximum absolute atomic E-state index is 11.7. The Hall–Kier alpha value is -1.86. The van der Waals surface area contributed by atoms with E-state index in [2.05, 4.69) is 42.4 Å². The summed E-state index contributed by atoms with van der Waals surface area (Å²) in [6.07, 6.45) is 1.52. The second kappa shape index (κ2) is 8.69. The van der Waals surface area contributed by atoms with Crippen molar-refractivity contribution in [3.63, 3.8) is 0 Å². The molecular weight excluding hydrogens is 428 g/mol. The number of methoxy groups -OCH3 is 1. The molecule has 0 saturated carbocycles. The Morgan fingerprint density at radius 3 is 2.74 bits per heavy atom. The molecule has 5 nitrogen and oxygen atoms in total. The van der Waals surface area contributed by atoms with Crippen molar-refractivity contribution >= 4 is 44.0 Å². The number of para-hydroxylation sites is 1. The number of ether oxygens (including phenoxy) is 2. The van der Waals surface area contributed by atoms with Crippen LogP contribution in [0.1, 0.15) is 5.56 Å². The van der Waals surface area contributed by atoms with Crippen molar-refractivity contribution in [3.8, 4) is 11.5 Å². The van der Waals surface area contributed by atoms with Crippen molar-refractivity contribution < 1.29 is 14.3 Å². The molecule has 0 fully saturated rings. The lowest BCUT2D eigenvalue weighted by atomic mass is 10.2. The van der Waals surface area contributed by atoms with Gasteiger partial charge in [-0.1, -0.05) is 28.1 Å². The Bertz CT molecular complexity index is 720. The Kier molecular flexibility index (Phi) is 6.61. The largest absolute Gasteiger partial charge is 0.496 e. The van der Waals surface area contributed by atoms with Crippen LogP contribution in [-0.4, -0.2) is 25.8 Å². The van der Waals surface area contributed by atoms with Crippen LogP contribution >= 0.6 is 31.9 Å². The number of rotatable bonds is 6. The first-order chi connectivity index (χ1) is 11.1. The summed E-state index contributed by atoms with van der Waals surface area (Å²) in [5, 5.41) is 3.90. The van der Waals surface area contributed by atoms with E-state index in [0.29, 0.717) is 11.5 Å². The summed E-state index contributed by atoms with van der Waals surface area (Å²) in [4.78, 5) is 11.7. The normalized spacial score (nSPS) is 10.6. The summed E-state index contributed by atoms with van der Waals surface area (Å²) in [6.45, 7) is -0.135. The van der Waals surface area contributed by atoms with Crippen molar-refractivity contribution in [2.45, 2.75) is 0 Å². The topological polar surface area (TPSA) is 59.9 Å². The van der Waals surface area contributed by atoms with Gasteiger partial charge in [-0.2, -0.15) is 5.10 Å². The SMILES string of the molecule is COc1ccccc1/C=N/NC(=O)COc1ccc(Br)cc1Br. The molecule has 23 heavy (non-hydrogen) atoms. The third kappa shape index (κ3) is 5.37. The van der Waals surface area contributed by atoms with E-state index in [9.17, 15) is 4.79 Å². The molecule has 0 aliphatic rings. The van der Waals surface area contributed by atoms with Gasteiger partial charge in [0.2, 0.25) is 0 Å². The molecule has 0 spiro atoms. The fraction of sp³-hybridized carbons (Fsp3) is 0.125. The molecule has 0 aromatic heterocycles. The predicted molar refractivity (Wildman–Crippen MR) is 96.1 cm³/mol. The van der Waals surface area contributed by atoms with E-state index in [1.807, 2.05) is 36.4 Å². The molecule has 1 N–H and O–H groups in total. The zero-order chi connectivity index (χ0) is 16.7. The number of benzene rings is 2. The lowest BCUT2D eigenvalue weighted by molar-refractivity contribution is -0.123. The lowest BCUT2D eigenvalue weighted by Gasteiger charge is -2.07. The Morgan fingerprint density at radius 2 is 2.00 bits per heavy atom. The van der Waals surface area contributed by atoms with Crippen molar-refractivity contribution in [2.75, 3.05) is 13.7 Å². The second-order valence-corrected chi connectivity index (χ2v) is 6.17. The number of hydrogen-bond donors (Lipinski definition) is 1. The quantitative estimate of drug-likeness (QED) is 0.548. The van der Waals surface area contributed by atoms with Crippen LogP contribution in [0, 0.1) is 0 Å². The highest BCUT2D eigenvalue weighted by Crippen LogP contribution is 2.28. The molecule has 2 aromatic rings. The van der Waals surface area contributed by atoms with Crippen LogP contribution in [0.2, 0.25) is 0 Å². The number of halogens is 2. The average molecular weight is 442 g/mol. The second-order valence-electron chi connectivity index (χ2n) is 4.40. The van der Waals surface area contributed by atoms with Gasteiger partial charge >= 0.3 is 0 Å². The van der Waals surface area contributed by atoms with Crippen LogP contribution in [0.5, 0.6) is 11.5 Å². The average Bonchev–Trinajstić information content (AvgIpc) is 2.54. The van der Waals surface area contributed by atoms with Gasteiger partial charge in [-0.25, -0.2) is 5.43 Å². The Balaban J connectivity index is 1.86. The molecule has 120 valence electrons. The van der Waals surface area contributed by atoms with Gasteiger partial charge in [0, 0.05) is 10.0 Å². The first-order valence-electron chi connectivity index (χ1n) is 6.63. The molecule has 2 aromatic carbocycles. The standard InChI is InChI=1S/C16H14Br2N2O3/c1-22-14-5-3-2-4-11(14)9-19-20-16(21)10-23-15-7-6-12(17)8-13(15)18/h2-9H,10H2,1H3,(H,20,21)/b19-9+. The molecule has 0 saturated heterocycles. The van der Waals surface area contributed by atoms with Gasteiger partial charge in [0.15, 0.2) is 6.61 Å². The molecular formula is C16H14Br2N2O3. The summed E-state index contributed by atoms with van der Waals surface area (Å²) in [5.41, 5.74) is 3.18. The van der Waals surface area contributed by atoms with E-state index in [1.54, 1.807) is 13.2 Å². The molecule has 0 radical (unpaired) electrons. The Labute approximate surface area is 150 Å². The van der Waals surface area contributed by atoms with Gasteiger partial charge in [0.05, 0.1) is 17.8 Å². The third-order valence-electron chi connectivity index (χ3n) is 2.78. The van der Waals surface area contributed by atoms with E-state index < -0.39 is 0 Å². The van der Waals surface area contributed by atoms with Crippen LogP contribution in [0.15, 0.2) is 56.5 Å². The molecule has 0 aliphatic heterocycles. The minimum Gasteiger partial charge on any atom is -0.496 e. The van der Waals surface area contributed by atoms with Crippen LogP contribution in [-0.2, 0) is 4.79 Å². The van der Waals surface area contributed by atoms with E-state index in [4.69, 9.17) is 9.47 Å². The zero-order valence-electron chi connectivity index (χ0n) is 12.3.